The van der Waals surface area contributed by atoms with Crippen LogP contribution in [0.15, 0.2) is 84.9 Å². The van der Waals surface area contributed by atoms with Crippen LogP contribution in [0.5, 0.6) is 11.5 Å². The lowest BCUT2D eigenvalue weighted by Crippen LogP contribution is -2.47. The van der Waals surface area contributed by atoms with Crippen molar-refractivity contribution < 1.29 is 9.53 Å². The molecule has 2 N–H and O–H groups in total. The molecule has 0 unspecified atom stereocenters. The standard InChI is InChI=1S/C35H37N3O2/c39-34(23-35-20-25-16-26(21-35)18-27(17-25)22-35)38-32-19-33(37-31-9-5-4-8-30(31)32)36-15-14-24-10-12-29(13-11-24)40-28-6-2-1-3-7-28/h1-13,19,25-27H,14-18,20-23H2,(H2,36,37,38,39). The summed E-state index contributed by atoms with van der Waals surface area (Å²) in [5.41, 5.74) is 3.19. The summed E-state index contributed by atoms with van der Waals surface area (Å²) in [7, 11) is 0. The first-order valence-electron chi connectivity index (χ1n) is 14.8. The van der Waals surface area contributed by atoms with Crippen LogP contribution >= 0.6 is 0 Å². The first-order chi connectivity index (χ1) is 19.6. The average molecular weight is 532 g/mol. The maximum atomic E-state index is 13.4. The Labute approximate surface area is 236 Å². The number of nitrogens with one attached hydrogen (secondary N) is 2. The van der Waals surface area contributed by atoms with Gasteiger partial charge < -0.3 is 15.4 Å². The highest BCUT2D eigenvalue weighted by Crippen LogP contribution is 2.61. The summed E-state index contributed by atoms with van der Waals surface area (Å²) in [6, 6.07) is 28.1. The molecule has 1 amide bonds. The van der Waals surface area contributed by atoms with Crippen molar-refractivity contribution in [2.75, 3.05) is 17.2 Å². The number of fused-ring (bicyclic) bond motifs is 1. The van der Waals surface area contributed by atoms with E-state index < -0.39 is 0 Å². The molecule has 4 saturated carbocycles. The fraction of sp³-hybridized carbons (Fsp3) is 0.371. The monoisotopic (exact) mass is 531 g/mol. The molecule has 4 aliphatic rings. The number of hydrogen-bond donors (Lipinski definition) is 2. The highest BCUT2D eigenvalue weighted by Gasteiger charge is 2.51. The van der Waals surface area contributed by atoms with Gasteiger partial charge >= 0.3 is 0 Å². The molecular formula is C35H37N3O2. The Kier molecular flexibility index (Phi) is 6.66. The van der Waals surface area contributed by atoms with Crippen LogP contribution in [0.4, 0.5) is 11.5 Å². The van der Waals surface area contributed by atoms with Crippen molar-refractivity contribution in [3.63, 3.8) is 0 Å². The lowest BCUT2D eigenvalue weighted by molar-refractivity contribution is -0.124. The highest BCUT2D eigenvalue weighted by molar-refractivity contribution is 6.02. The number of para-hydroxylation sites is 2. The van der Waals surface area contributed by atoms with E-state index in [0.29, 0.717) is 6.42 Å². The lowest BCUT2D eigenvalue weighted by atomic mass is 9.49. The predicted octanol–water partition coefficient (Wildman–Crippen LogP) is 8.23. The second-order valence-corrected chi connectivity index (χ2v) is 12.5. The van der Waals surface area contributed by atoms with E-state index in [4.69, 9.17) is 9.72 Å². The van der Waals surface area contributed by atoms with Crippen molar-refractivity contribution >= 4 is 28.3 Å². The summed E-state index contributed by atoms with van der Waals surface area (Å²) in [6.07, 6.45) is 9.44. The van der Waals surface area contributed by atoms with E-state index in [9.17, 15) is 4.79 Å². The van der Waals surface area contributed by atoms with Crippen LogP contribution in [0, 0.1) is 23.2 Å². The van der Waals surface area contributed by atoms with Gasteiger partial charge in [-0.3, -0.25) is 4.79 Å². The van der Waals surface area contributed by atoms with Gasteiger partial charge in [-0.05, 0) is 104 Å². The number of pyridine rings is 1. The summed E-state index contributed by atoms with van der Waals surface area (Å²) in [6.45, 7) is 0.741. The molecular weight excluding hydrogens is 494 g/mol. The summed E-state index contributed by atoms with van der Waals surface area (Å²) < 4.78 is 5.91. The van der Waals surface area contributed by atoms with Crippen molar-refractivity contribution in [3.05, 3.63) is 90.5 Å². The van der Waals surface area contributed by atoms with Crippen LogP contribution in [0.2, 0.25) is 0 Å². The van der Waals surface area contributed by atoms with Crippen LogP contribution in [0.1, 0.15) is 50.5 Å². The third kappa shape index (κ3) is 5.42. The maximum Gasteiger partial charge on any atom is 0.224 e. The molecule has 0 spiro atoms. The van der Waals surface area contributed by atoms with Gasteiger partial charge in [0.15, 0.2) is 0 Å². The van der Waals surface area contributed by atoms with E-state index >= 15 is 0 Å². The van der Waals surface area contributed by atoms with Gasteiger partial charge in [0.2, 0.25) is 5.91 Å². The number of amides is 1. The number of hydrogen-bond acceptors (Lipinski definition) is 4. The molecule has 4 bridgehead atoms. The predicted molar refractivity (Wildman–Crippen MR) is 161 cm³/mol. The van der Waals surface area contributed by atoms with Gasteiger partial charge in [-0.25, -0.2) is 4.98 Å². The molecule has 40 heavy (non-hydrogen) atoms. The number of carbonyl (C=O) groups is 1. The number of benzene rings is 3. The van der Waals surface area contributed by atoms with Crippen LogP contribution < -0.4 is 15.4 Å². The second kappa shape index (κ2) is 10.6. The average Bonchev–Trinajstić information content (AvgIpc) is 2.93. The summed E-state index contributed by atoms with van der Waals surface area (Å²) >= 11 is 0. The Bertz CT molecular complexity index is 1460. The molecule has 5 heteroatoms. The first kappa shape index (κ1) is 25.1. The zero-order valence-corrected chi connectivity index (χ0v) is 22.9. The van der Waals surface area contributed by atoms with Gasteiger partial charge in [0.05, 0.1) is 11.2 Å². The third-order valence-electron chi connectivity index (χ3n) is 9.31. The molecule has 5 nitrogen and oxygen atoms in total. The van der Waals surface area contributed by atoms with Crippen molar-refractivity contribution in [3.8, 4) is 11.5 Å². The number of ether oxygens (including phenoxy) is 1. The van der Waals surface area contributed by atoms with Gasteiger partial charge in [0.25, 0.3) is 0 Å². The SMILES string of the molecule is O=C(CC12CC3CC(CC(C3)C1)C2)Nc1cc(NCCc2ccc(Oc3ccccc3)cc2)nc2ccccc12. The molecule has 1 heterocycles. The normalized spacial score (nSPS) is 24.6. The minimum atomic E-state index is 0.155. The molecule has 0 atom stereocenters. The Balaban J connectivity index is 0.999. The fourth-order valence-electron chi connectivity index (χ4n) is 8.09. The maximum absolute atomic E-state index is 13.4. The van der Waals surface area contributed by atoms with E-state index in [2.05, 4.69) is 22.8 Å². The molecule has 3 aromatic carbocycles. The molecule has 8 rings (SSSR count). The fourth-order valence-corrected chi connectivity index (χ4v) is 8.09. The molecule has 0 saturated heterocycles. The number of aromatic nitrogens is 1. The van der Waals surface area contributed by atoms with Gasteiger partial charge in [0, 0.05) is 24.4 Å². The van der Waals surface area contributed by atoms with E-state index in [1.54, 1.807) is 0 Å². The Morgan fingerprint density at radius 2 is 1.48 bits per heavy atom. The van der Waals surface area contributed by atoms with Gasteiger partial charge in [-0.2, -0.15) is 0 Å². The molecule has 1 aromatic heterocycles. The van der Waals surface area contributed by atoms with Crippen molar-refractivity contribution in [1.29, 1.82) is 0 Å². The van der Waals surface area contributed by atoms with Crippen molar-refractivity contribution in [2.24, 2.45) is 23.2 Å². The van der Waals surface area contributed by atoms with E-state index in [0.717, 1.165) is 64.6 Å². The summed E-state index contributed by atoms with van der Waals surface area (Å²) in [4.78, 5) is 18.3. The smallest absolute Gasteiger partial charge is 0.224 e. The number of nitrogens with zero attached hydrogens (tertiary/aromatic N) is 1. The molecule has 0 radical (unpaired) electrons. The van der Waals surface area contributed by atoms with Gasteiger partial charge in [-0.15, -0.1) is 0 Å². The van der Waals surface area contributed by atoms with Crippen LogP contribution in [-0.4, -0.2) is 17.4 Å². The third-order valence-corrected chi connectivity index (χ3v) is 9.31. The van der Waals surface area contributed by atoms with Crippen molar-refractivity contribution in [1.82, 2.24) is 4.98 Å². The minimum Gasteiger partial charge on any atom is -0.457 e. The Morgan fingerprint density at radius 1 is 0.825 bits per heavy atom. The molecule has 204 valence electrons. The lowest BCUT2D eigenvalue weighted by Gasteiger charge is -2.56. The van der Waals surface area contributed by atoms with E-state index in [1.165, 1.54) is 44.1 Å². The topological polar surface area (TPSA) is 63.2 Å². The molecule has 4 fully saturated rings. The molecule has 4 aliphatic carbocycles. The largest absolute Gasteiger partial charge is 0.457 e. The minimum absolute atomic E-state index is 0.155. The quantitative estimate of drug-likeness (QED) is 0.228. The van der Waals surface area contributed by atoms with Crippen LogP contribution in [-0.2, 0) is 11.2 Å². The van der Waals surface area contributed by atoms with Crippen molar-refractivity contribution in [2.45, 2.75) is 51.4 Å². The Hall–Kier alpha value is -3.86. The molecule has 0 aliphatic heterocycles. The van der Waals surface area contributed by atoms with E-state index in [-0.39, 0.29) is 11.3 Å². The summed E-state index contributed by atoms with van der Waals surface area (Å²) in [5.74, 6) is 5.15. The van der Waals surface area contributed by atoms with Gasteiger partial charge in [0.1, 0.15) is 17.3 Å². The van der Waals surface area contributed by atoms with E-state index in [1.807, 2.05) is 72.8 Å². The zero-order valence-electron chi connectivity index (χ0n) is 22.9. The van der Waals surface area contributed by atoms with Crippen LogP contribution in [0.3, 0.4) is 0 Å². The Morgan fingerprint density at radius 3 is 2.20 bits per heavy atom. The zero-order chi connectivity index (χ0) is 26.9. The first-order valence-corrected chi connectivity index (χ1v) is 14.8. The number of carbonyl (C=O) groups excluding carboxylic acids is 1. The summed E-state index contributed by atoms with van der Waals surface area (Å²) in [5, 5.41) is 7.77. The second-order valence-electron chi connectivity index (χ2n) is 12.5. The highest BCUT2D eigenvalue weighted by atomic mass is 16.5. The van der Waals surface area contributed by atoms with Gasteiger partial charge in [-0.1, -0.05) is 48.5 Å². The number of rotatable bonds is 9. The number of anilines is 2. The van der Waals surface area contributed by atoms with Crippen LogP contribution in [0.25, 0.3) is 10.9 Å². The molecule has 4 aromatic rings.